The molecule has 0 spiro atoms. The lowest BCUT2D eigenvalue weighted by molar-refractivity contribution is -0.139. The molecular weight excluding hydrogens is 454 g/mol. The van der Waals surface area contributed by atoms with Crippen molar-refractivity contribution in [2.45, 2.75) is 53.2 Å². The lowest BCUT2D eigenvalue weighted by Gasteiger charge is -2.32. The van der Waals surface area contributed by atoms with E-state index in [0.717, 1.165) is 27.3 Å². The van der Waals surface area contributed by atoms with E-state index in [0.29, 0.717) is 11.4 Å². The third-order valence-electron chi connectivity index (χ3n) is 5.41. The van der Waals surface area contributed by atoms with Crippen molar-refractivity contribution >= 4 is 27.5 Å². The number of ether oxygens (including phenoxy) is 1. The number of nitrogens with one attached hydrogen (secondary N) is 1. The quantitative estimate of drug-likeness (QED) is 0.554. The zero-order chi connectivity index (χ0) is 25.6. The van der Waals surface area contributed by atoms with Crippen LogP contribution in [0, 0.1) is 13.8 Å². The summed E-state index contributed by atoms with van der Waals surface area (Å²) in [5.41, 5.74) is 2.95. The number of methoxy groups -OCH3 is 1. The van der Waals surface area contributed by atoms with Crippen LogP contribution in [0.15, 0.2) is 42.5 Å². The van der Waals surface area contributed by atoms with Crippen LogP contribution in [0.2, 0.25) is 0 Å². The minimum absolute atomic E-state index is 0.101. The van der Waals surface area contributed by atoms with Gasteiger partial charge in [-0.05, 0) is 63.9 Å². The Morgan fingerprint density at radius 2 is 1.65 bits per heavy atom. The molecule has 186 valence electrons. The van der Waals surface area contributed by atoms with Crippen LogP contribution < -0.4 is 14.4 Å². The highest BCUT2D eigenvalue weighted by Crippen LogP contribution is 2.24. The number of aryl methyl sites for hydroxylation is 2. The number of rotatable bonds is 10. The Morgan fingerprint density at radius 3 is 2.15 bits per heavy atom. The van der Waals surface area contributed by atoms with E-state index in [1.54, 1.807) is 45.2 Å². The second-order valence-corrected chi connectivity index (χ2v) is 10.7. The summed E-state index contributed by atoms with van der Waals surface area (Å²) in [6, 6.07) is 11.6. The van der Waals surface area contributed by atoms with Crippen LogP contribution >= 0.6 is 0 Å². The van der Waals surface area contributed by atoms with E-state index in [-0.39, 0.29) is 18.5 Å². The average Bonchev–Trinajstić information content (AvgIpc) is 2.75. The third-order valence-corrected chi connectivity index (χ3v) is 6.54. The Kier molecular flexibility index (Phi) is 9.09. The topological polar surface area (TPSA) is 96.0 Å². The highest BCUT2D eigenvalue weighted by atomic mass is 32.2. The maximum Gasteiger partial charge on any atom is 0.244 e. The predicted molar refractivity (Wildman–Crippen MR) is 134 cm³/mol. The Hall–Kier alpha value is -3.07. The molecule has 2 aromatic carbocycles. The molecule has 0 heterocycles. The third kappa shape index (κ3) is 7.21. The maximum atomic E-state index is 13.5. The summed E-state index contributed by atoms with van der Waals surface area (Å²) < 4.78 is 31.6. The van der Waals surface area contributed by atoms with Crippen LogP contribution in [0.25, 0.3) is 0 Å². The number of carbonyl (C=O) groups is 2. The normalized spacial score (nSPS) is 12.2. The first-order valence-corrected chi connectivity index (χ1v) is 13.0. The molecule has 1 atom stereocenters. The number of amides is 2. The summed E-state index contributed by atoms with van der Waals surface area (Å²) in [7, 11) is -2.19. The van der Waals surface area contributed by atoms with Gasteiger partial charge in [-0.3, -0.25) is 13.9 Å². The molecule has 0 bridgehead atoms. The molecule has 0 saturated carbocycles. The van der Waals surface area contributed by atoms with Crippen molar-refractivity contribution in [2.24, 2.45) is 0 Å². The lowest BCUT2D eigenvalue weighted by atomic mass is 10.1. The van der Waals surface area contributed by atoms with Crippen molar-refractivity contribution in [3.8, 4) is 5.75 Å². The fourth-order valence-corrected chi connectivity index (χ4v) is 4.50. The Balaban J connectivity index is 2.41. The van der Waals surface area contributed by atoms with Gasteiger partial charge in [-0.15, -0.1) is 0 Å². The van der Waals surface area contributed by atoms with Gasteiger partial charge in [0.05, 0.1) is 19.1 Å². The molecule has 9 heteroatoms. The molecule has 2 rings (SSSR count). The van der Waals surface area contributed by atoms with Gasteiger partial charge in [0.25, 0.3) is 0 Å². The van der Waals surface area contributed by atoms with Crippen LogP contribution in [0.4, 0.5) is 5.69 Å². The van der Waals surface area contributed by atoms with E-state index in [1.807, 2.05) is 39.0 Å². The van der Waals surface area contributed by atoms with E-state index >= 15 is 0 Å². The van der Waals surface area contributed by atoms with E-state index in [2.05, 4.69) is 5.32 Å². The van der Waals surface area contributed by atoms with Crippen LogP contribution in [0.5, 0.6) is 5.75 Å². The van der Waals surface area contributed by atoms with Crippen molar-refractivity contribution in [3.63, 3.8) is 0 Å². The molecule has 0 aliphatic rings. The SMILES string of the molecule is COc1ccc(CN(C(=O)CN(c2ccc(C)cc2C)S(C)(=O)=O)[C@@H](C)C(=O)NC(C)C)cc1. The standard InChI is InChI=1S/C25H35N3O5S/c1-17(2)26-25(30)20(5)27(15-21-9-11-22(33-6)12-10-21)24(29)16-28(34(7,31)32)23-13-8-18(3)14-19(23)4/h8-14,17,20H,15-16H2,1-7H3,(H,26,30)/t20-/m0/s1. The van der Waals surface area contributed by atoms with Gasteiger partial charge in [-0.2, -0.15) is 0 Å². The minimum atomic E-state index is -3.76. The lowest BCUT2D eigenvalue weighted by Crippen LogP contribution is -2.52. The van der Waals surface area contributed by atoms with Crippen LogP contribution in [-0.4, -0.2) is 57.1 Å². The molecule has 0 aliphatic carbocycles. The van der Waals surface area contributed by atoms with Gasteiger partial charge < -0.3 is 15.0 Å². The van der Waals surface area contributed by atoms with Crippen molar-refractivity contribution in [1.82, 2.24) is 10.2 Å². The summed E-state index contributed by atoms with van der Waals surface area (Å²) in [6.45, 7) is 8.76. The number of benzene rings is 2. The fraction of sp³-hybridized carbons (Fsp3) is 0.440. The van der Waals surface area contributed by atoms with Crippen molar-refractivity contribution in [1.29, 1.82) is 0 Å². The number of hydrogen-bond acceptors (Lipinski definition) is 5. The first kappa shape index (κ1) is 27.2. The molecule has 0 unspecified atom stereocenters. The van der Waals surface area contributed by atoms with Crippen LogP contribution in [0.3, 0.4) is 0 Å². The van der Waals surface area contributed by atoms with Gasteiger partial charge >= 0.3 is 0 Å². The Bertz CT molecular complexity index is 1110. The summed E-state index contributed by atoms with van der Waals surface area (Å²) >= 11 is 0. The minimum Gasteiger partial charge on any atom is -0.497 e. The predicted octanol–water partition coefficient (Wildman–Crippen LogP) is 3.02. The summed E-state index contributed by atoms with van der Waals surface area (Å²) in [5, 5.41) is 2.83. The van der Waals surface area contributed by atoms with Gasteiger partial charge in [0.15, 0.2) is 0 Å². The van der Waals surface area contributed by atoms with E-state index in [4.69, 9.17) is 4.74 Å². The van der Waals surface area contributed by atoms with Crippen LogP contribution in [0.1, 0.15) is 37.5 Å². The highest BCUT2D eigenvalue weighted by molar-refractivity contribution is 7.92. The Labute approximate surface area is 202 Å². The Morgan fingerprint density at radius 1 is 1.03 bits per heavy atom. The fourth-order valence-electron chi connectivity index (χ4n) is 3.60. The zero-order valence-corrected chi connectivity index (χ0v) is 21.8. The van der Waals surface area contributed by atoms with E-state index in [1.165, 1.54) is 4.90 Å². The summed E-state index contributed by atoms with van der Waals surface area (Å²) in [4.78, 5) is 27.7. The van der Waals surface area contributed by atoms with Crippen LogP contribution in [-0.2, 0) is 26.2 Å². The zero-order valence-electron chi connectivity index (χ0n) is 21.0. The summed E-state index contributed by atoms with van der Waals surface area (Å²) in [6.07, 6.45) is 1.07. The molecule has 0 aliphatic heterocycles. The monoisotopic (exact) mass is 489 g/mol. The van der Waals surface area contributed by atoms with Gasteiger partial charge in [0.1, 0.15) is 18.3 Å². The van der Waals surface area contributed by atoms with Crippen molar-refractivity contribution in [2.75, 3.05) is 24.2 Å². The number of nitrogens with zero attached hydrogens (tertiary/aromatic N) is 2. The average molecular weight is 490 g/mol. The molecule has 2 aromatic rings. The highest BCUT2D eigenvalue weighted by Gasteiger charge is 2.30. The molecule has 0 fully saturated rings. The largest absolute Gasteiger partial charge is 0.497 e. The molecule has 34 heavy (non-hydrogen) atoms. The molecule has 2 amide bonds. The van der Waals surface area contributed by atoms with E-state index in [9.17, 15) is 18.0 Å². The van der Waals surface area contributed by atoms with Crippen molar-refractivity contribution < 1.29 is 22.7 Å². The number of anilines is 1. The maximum absolute atomic E-state index is 13.5. The van der Waals surface area contributed by atoms with Gasteiger partial charge in [-0.1, -0.05) is 29.8 Å². The second-order valence-electron chi connectivity index (χ2n) is 8.77. The molecule has 0 radical (unpaired) electrons. The smallest absolute Gasteiger partial charge is 0.244 e. The first-order valence-electron chi connectivity index (χ1n) is 11.1. The second kappa shape index (κ2) is 11.4. The van der Waals surface area contributed by atoms with Gasteiger partial charge in [0, 0.05) is 12.6 Å². The molecular formula is C25H35N3O5S. The summed E-state index contributed by atoms with van der Waals surface area (Å²) in [5.74, 6) is -0.118. The number of carbonyl (C=O) groups excluding carboxylic acids is 2. The molecule has 0 aromatic heterocycles. The van der Waals surface area contributed by atoms with Crippen molar-refractivity contribution in [3.05, 3.63) is 59.2 Å². The molecule has 8 nitrogen and oxygen atoms in total. The number of sulfonamides is 1. The van der Waals surface area contributed by atoms with Gasteiger partial charge in [-0.25, -0.2) is 8.42 Å². The first-order chi connectivity index (χ1) is 15.8. The molecule has 0 saturated heterocycles. The van der Waals surface area contributed by atoms with Gasteiger partial charge in [0.2, 0.25) is 21.8 Å². The number of hydrogen-bond donors (Lipinski definition) is 1. The molecule has 1 N–H and O–H groups in total. The van der Waals surface area contributed by atoms with E-state index < -0.39 is 28.5 Å².